The summed E-state index contributed by atoms with van der Waals surface area (Å²) < 4.78 is 0. The summed E-state index contributed by atoms with van der Waals surface area (Å²) in [4.78, 5) is 27.3. The molecule has 1 N–H and O–H groups in total. The molecule has 5 aliphatic rings. The zero-order valence-electron chi connectivity index (χ0n) is 21.4. The minimum Gasteiger partial charge on any atom is -0.381 e. The fourth-order valence-corrected chi connectivity index (χ4v) is 10.4. The van der Waals surface area contributed by atoms with Crippen LogP contribution in [0.15, 0.2) is 11.6 Å². The molecule has 0 aromatic heterocycles. The van der Waals surface area contributed by atoms with Crippen LogP contribution in [0.4, 0.5) is 0 Å². The molecule has 0 radical (unpaired) electrons. The lowest BCUT2D eigenvalue weighted by Crippen LogP contribution is -2.76. The number of nitriles is 1. The van der Waals surface area contributed by atoms with Crippen LogP contribution in [0.2, 0.25) is 0 Å². The lowest BCUT2D eigenvalue weighted by Gasteiger charge is -2.73. The molecule has 0 spiro atoms. The highest BCUT2D eigenvalue weighted by atomic mass is 16.3. The number of hydrogen-bond donors (Lipinski definition) is 1. The molecule has 0 amide bonds. The predicted octanol–water partition coefficient (Wildman–Crippen LogP) is 5.78. The molecule has 0 bridgehead atoms. The number of fused-ring (bicyclic) bond motifs is 7. The lowest BCUT2D eigenvalue weighted by atomic mass is 9.31. The molecule has 4 heteroatoms. The number of ketones is 2. The zero-order valence-corrected chi connectivity index (χ0v) is 21.4. The number of hydrogen-bond acceptors (Lipinski definition) is 4. The summed E-state index contributed by atoms with van der Waals surface area (Å²) in [5, 5.41) is 22.3. The Labute approximate surface area is 199 Å². The molecule has 7 unspecified atom stereocenters. The smallest absolute Gasteiger partial charge is 0.178 e. The van der Waals surface area contributed by atoms with Crippen molar-refractivity contribution in [1.29, 1.82) is 5.26 Å². The molecule has 33 heavy (non-hydrogen) atoms. The van der Waals surface area contributed by atoms with Crippen LogP contribution in [-0.4, -0.2) is 22.3 Å². The SMILES string of the molecule is CC12CCCCC1C1(O)C(=O)CC3C4(C)C=C(C#N)C(=O)C(C)(C)C4CCC3(C)[C@]1(C)CC2. The van der Waals surface area contributed by atoms with Gasteiger partial charge in [-0.2, -0.15) is 5.26 Å². The molecule has 4 nitrogen and oxygen atoms in total. The minimum absolute atomic E-state index is 0.0187. The van der Waals surface area contributed by atoms with Crippen LogP contribution in [-0.2, 0) is 9.59 Å². The second kappa shape index (κ2) is 6.60. The van der Waals surface area contributed by atoms with Gasteiger partial charge < -0.3 is 5.11 Å². The first-order valence-electron chi connectivity index (χ1n) is 13.2. The molecule has 4 saturated carbocycles. The Morgan fingerprint density at radius 2 is 1.61 bits per heavy atom. The van der Waals surface area contributed by atoms with Crippen molar-refractivity contribution in [1.82, 2.24) is 0 Å². The van der Waals surface area contributed by atoms with E-state index in [-0.39, 0.29) is 45.7 Å². The van der Waals surface area contributed by atoms with Gasteiger partial charge in [-0.15, -0.1) is 0 Å². The van der Waals surface area contributed by atoms with E-state index in [2.05, 4.69) is 33.8 Å². The third-order valence-corrected chi connectivity index (χ3v) is 12.4. The number of Topliss-reactive ketones (excluding diaryl/α,β-unsaturated/α-hetero) is 2. The van der Waals surface area contributed by atoms with Gasteiger partial charge in [0.2, 0.25) is 0 Å². The van der Waals surface area contributed by atoms with Gasteiger partial charge in [-0.25, -0.2) is 0 Å². The maximum absolute atomic E-state index is 14.1. The molecular weight excluding hydrogens is 410 g/mol. The van der Waals surface area contributed by atoms with Crippen LogP contribution in [0.3, 0.4) is 0 Å². The van der Waals surface area contributed by atoms with Crippen LogP contribution in [0.5, 0.6) is 0 Å². The number of nitrogens with zero attached hydrogens (tertiary/aromatic N) is 1. The normalized spacial score (nSPS) is 53.0. The first kappa shape index (κ1) is 23.3. The summed E-state index contributed by atoms with van der Waals surface area (Å²) in [7, 11) is 0. The molecule has 0 aromatic carbocycles. The summed E-state index contributed by atoms with van der Waals surface area (Å²) >= 11 is 0. The summed E-state index contributed by atoms with van der Waals surface area (Å²) in [6.45, 7) is 13.0. The average Bonchev–Trinajstić information content (AvgIpc) is 2.75. The molecule has 8 atom stereocenters. The van der Waals surface area contributed by atoms with E-state index < -0.39 is 21.8 Å². The van der Waals surface area contributed by atoms with Crippen LogP contribution in [0.1, 0.15) is 99.3 Å². The predicted molar refractivity (Wildman–Crippen MR) is 127 cm³/mol. The Morgan fingerprint density at radius 1 is 0.909 bits per heavy atom. The quantitative estimate of drug-likeness (QED) is 0.506. The molecule has 4 fully saturated rings. The van der Waals surface area contributed by atoms with Crippen molar-refractivity contribution in [2.24, 2.45) is 44.8 Å². The first-order chi connectivity index (χ1) is 15.2. The Kier molecular flexibility index (Phi) is 4.65. The second-order valence-electron chi connectivity index (χ2n) is 13.8. The van der Waals surface area contributed by atoms with E-state index in [9.17, 15) is 20.0 Å². The summed E-state index contributed by atoms with van der Waals surface area (Å²) in [6.07, 6.45) is 10.4. The van der Waals surface area contributed by atoms with E-state index in [0.717, 1.165) is 44.9 Å². The number of carbonyl (C=O) groups excluding carboxylic acids is 2. The van der Waals surface area contributed by atoms with Crippen LogP contribution >= 0.6 is 0 Å². The standard InChI is InChI=1S/C29H41NO3/c1-24(2)19-10-12-27(5)21(26(19,4)16-18(17-30)23(24)32)15-22(31)29(33)20-9-7-8-11-25(20,3)13-14-28(27,29)6/h16,19-21,33H,7-15H2,1-6H3/t19?,20?,21?,25?,26?,27?,28-,29?/m0/s1. The van der Waals surface area contributed by atoms with Gasteiger partial charge in [0, 0.05) is 23.2 Å². The van der Waals surface area contributed by atoms with Gasteiger partial charge in [-0.3, -0.25) is 9.59 Å². The number of carbonyl (C=O) groups is 2. The molecule has 0 saturated heterocycles. The Hall–Kier alpha value is -1.47. The minimum atomic E-state index is -1.28. The van der Waals surface area contributed by atoms with E-state index >= 15 is 0 Å². The first-order valence-corrected chi connectivity index (χ1v) is 13.2. The van der Waals surface area contributed by atoms with Crippen molar-refractivity contribution in [3.05, 3.63) is 11.6 Å². The maximum atomic E-state index is 14.1. The fourth-order valence-electron chi connectivity index (χ4n) is 10.4. The molecular formula is C29H41NO3. The number of rotatable bonds is 0. The molecule has 180 valence electrons. The summed E-state index contributed by atoms with van der Waals surface area (Å²) in [5.41, 5.74) is -2.75. The molecule has 5 rings (SSSR count). The highest BCUT2D eigenvalue weighted by Gasteiger charge is 2.76. The highest BCUT2D eigenvalue weighted by Crippen LogP contribution is 2.76. The molecule has 0 heterocycles. The van der Waals surface area contributed by atoms with Crippen molar-refractivity contribution < 1.29 is 14.7 Å². The Bertz CT molecular complexity index is 1000. The van der Waals surface area contributed by atoms with Crippen molar-refractivity contribution in [2.75, 3.05) is 0 Å². The van der Waals surface area contributed by atoms with Crippen LogP contribution < -0.4 is 0 Å². The van der Waals surface area contributed by atoms with Crippen LogP contribution in [0, 0.1) is 56.2 Å². The van der Waals surface area contributed by atoms with Gasteiger partial charge in [0.1, 0.15) is 11.7 Å². The Morgan fingerprint density at radius 3 is 2.27 bits per heavy atom. The van der Waals surface area contributed by atoms with Crippen LogP contribution in [0.25, 0.3) is 0 Å². The van der Waals surface area contributed by atoms with E-state index in [1.165, 1.54) is 6.42 Å². The third kappa shape index (κ3) is 2.46. The monoisotopic (exact) mass is 451 g/mol. The number of allylic oxidation sites excluding steroid dienone is 2. The number of aliphatic hydroxyl groups is 1. The van der Waals surface area contributed by atoms with Gasteiger partial charge in [-0.1, -0.05) is 60.5 Å². The maximum Gasteiger partial charge on any atom is 0.178 e. The van der Waals surface area contributed by atoms with Gasteiger partial charge in [0.05, 0.1) is 5.57 Å². The topological polar surface area (TPSA) is 78.2 Å². The van der Waals surface area contributed by atoms with E-state index in [0.29, 0.717) is 6.42 Å². The van der Waals surface area contributed by atoms with Crippen molar-refractivity contribution in [3.63, 3.8) is 0 Å². The Balaban J connectivity index is 1.68. The van der Waals surface area contributed by atoms with Gasteiger partial charge in [0.25, 0.3) is 0 Å². The second-order valence-corrected chi connectivity index (χ2v) is 13.8. The molecule has 0 aliphatic heterocycles. The van der Waals surface area contributed by atoms with Crippen molar-refractivity contribution >= 4 is 11.6 Å². The molecule has 5 aliphatic carbocycles. The van der Waals surface area contributed by atoms with E-state index in [1.807, 2.05) is 19.9 Å². The highest BCUT2D eigenvalue weighted by molar-refractivity contribution is 6.04. The van der Waals surface area contributed by atoms with Gasteiger partial charge in [0.15, 0.2) is 11.6 Å². The average molecular weight is 452 g/mol. The largest absolute Gasteiger partial charge is 0.381 e. The van der Waals surface area contributed by atoms with E-state index in [1.54, 1.807) is 0 Å². The third-order valence-electron chi connectivity index (χ3n) is 12.4. The van der Waals surface area contributed by atoms with Crippen molar-refractivity contribution in [3.8, 4) is 6.07 Å². The van der Waals surface area contributed by atoms with Crippen molar-refractivity contribution in [2.45, 2.75) is 105 Å². The fraction of sp³-hybridized carbons (Fsp3) is 0.828. The van der Waals surface area contributed by atoms with E-state index in [4.69, 9.17) is 0 Å². The van der Waals surface area contributed by atoms with Gasteiger partial charge >= 0.3 is 0 Å². The summed E-state index contributed by atoms with van der Waals surface area (Å²) in [6, 6.07) is 2.18. The lowest BCUT2D eigenvalue weighted by molar-refractivity contribution is -0.277. The summed E-state index contributed by atoms with van der Waals surface area (Å²) in [5.74, 6) is 0.109. The van der Waals surface area contributed by atoms with Gasteiger partial charge in [-0.05, 0) is 66.6 Å². The zero-order chi connectivity index (χ0) is 24.2. The molecule has 0 aromatic rings.